The number of ketones is 3. The van der Waals surface area contributed by atoms with Crippen molar-refractivity contribution in [2.75, 3.05) is 0 Å². The lowest BCUT2D eigenvalue weighted by atomic mass is 10.1. The molecule has 178 valence electrons. The number of allylic oxidation sites excluding steroid dienone is 7. The molecule has 1 N–H and O–H groups in total. The van der Waals surface area contributed by atoms with Crippen LogP contribution >= 0.6 is 92.8 Å². The van der Waals surface area contributed by atoms with Crippen molar-refractivity contribution in [3.05, 3.63) is 104 Å². The summed E-state index contributed by atoms with van der Waals surface area (Å²) in [5, 5.41) is 9.49. The van der Waals surface area contributed by atoms with Crippen molar-refractivity contribution in [3.63, 3.8) is 0 Å². The Morgan fingerprint density at radius 1 is 0.486 bits per heavy atom. The van der Waals surface area contributed by atoms with E-state index < -0.39 is 23.1 Å². The van der Waals surface area contributed by atoms with Gasteiger partial charge in [0.15, 0.2) is 17.3 Å². The minimum Gasteiger partial charge on any atom is -0.506 e. The molecule has 2 aliphatic carbocycles. The maximum Gasteiger partial charge on any atom is 0.199 e. The Labute approximate surface area is 237 Å². The number of carbonyl (C=O) groups is 3. The highest BCUT2D eigenvalue weighted by atomic mass is 35.5. The van der Waals surface area contributed by atoms with Gasteiger partial charge in [0.1, 0.15) is 5.76 Å². The predicted molar refractivity (Wildman–Crippen MR) is 142 cm³/mol. The van der Waals surface area contributed by atoms with Crippen LogP contribution in [0.5, 0.6) is 0 Å². The summed E-state index contributed by atoms with van der Waals surface area (Å²) < 4.78 is 0. The first kappa shape index (κ1) is 26.6. The lowest BCUT2D eigenvalue weighted by Crippen LogP contribution is -2.00. The van der Waals surface area contributed by atoms with Crippen molar-refractivity contribution >= 4 is 116 Å². The molecule has 12 heteroatoms. The highest BCUT2D eigenvalue weighted by Crippen LogP contribution is 2.48. The number of rotatable bonds is 3. The fourth-order valence-corrected chi connectivity index (χ4v) is 5.60. The number of hydrogen-bond acceptors (Lipinski definition) is 4. The molecule has 0 saturated carbocycles. The Bertz CT molecular complexity index is 1480. The van der Waals surface area contributed by atoms with Gasteiger partial charge in [-0.25, -0.2) is 0 Å². The van der Waals surface area contributed by atoms with E-state index in [1.54, 1.807) is 0 Å². The zero-order valence-electron chi connectivity index (χ0n) is 16.6. The predicted octanol–water partition coefficient (Wildman–Crippen LogP) is 9.50. The van der Waals surface area contributed by atoms with Gasteiger partial charge in [0.25, 0.3) is 0 Å². The number of fused-ring (bicyclic) bond motifs is 2. The molecule has 2 aromatic rings. The molecular weight excluding hydrogens is 624 g/mol. The fourth-order valence-electron chi connectivity index (χ4n) is 3.55. The van der Waals surface area contributed by atoms with E-state index in [1.807, 2.05) is 0 Å². The van der Waals surface area contributed by atoms with Gasteiger partial charge in [-0.3, -0.25) is 14.4 Å². The normalized spacial score (nSPS) is 15.3. The molecule has 4 rings (SSSR count). The van der Waals surface area contributed by atoms with E-state index in [1.165, 1.54) is 30.4 Å². The average Bonchev–Trinajstić information content (AvgIpc) is 3.22. The first-order chi connectivity index (χ1) is 16.4. The molecule has 0 bridgehead atoms. The van der Waals surface area contributed by atoms with Gasteiger partial charge >= 0.3 is 0 Å². The van der Waals surface area contributed by atoms with Crippen LogP contribution in [0.25, 0.3) is 5.76 Å². The van der Waals surface area contributed by atoms with Gasteiger partial charge in [0.2, 0.25) is 0 Å². The van der Waals surface area contributed by atoms with Crippen LogP contribution in [0.2, 0.25) is 40.2 Å². The van der Waals surface area contributed by atoms with Crippen molar-refractivity contribution in [3.8, 4) is 0 Å². The quantitative estimate of drug-likeness (QED) is 0.121. The fraction of sp³-hybridized carbons (Fsp3) is 0. The SMILES string of the molecule is O=C1C(=C/C=C/C=C/C2=C(O)c3c(Cl)c(Cl)c(Cl)c(Cl)c3C2=O)C(=O)c2c(Cl)c(Cl)c(Cl)c(Cl)c21. The summed E-state index contributed by atoms with van der Waals surface area (Å²) in [6, 6.07) is 0. The number of Topliss-reactive ketones (excluding diaryl/α,β-unsaturated/α-hetero) is 3. The zero-order valence-corrected chi connectivity index (χ0v) is 22.6. The molecule has 0 spiro atoms. The summed E-state index contributed by atoms with van der Waals surface area (Å²) in [5.41, 5.74) is -0.652. The highest BCUT2D eigenvalue weighted by Gasteiger charge is 2.39. The number of hydrogen-bond donors (Lipinski definition) is 1. The van der Waals surface area contributed by atoms with Crippen LogP contribution < -0.4 is 0 Å². The van der Waals surface area contributed by atoms with Crippen molar-refractivity contribution in [1.82, 2.24) is 0 Å². The van der Waals surface area contributed by atoms with Gasteiger partial charge in [-0.1, -0.05) is 111 Å². The summed E-state index contributed by atoms with van der Waals surface area (Å²) in [4.78, 5) is 38.2. The maximum atomic E-state index is 12.8. The molecule has 0 saturated heterocycles. The van der Waals surface area contributed by atoms with Crippen molar-refractivity contribution in [2.24, 2.45) is 0 Å². The van der Waals surface area contributed by atoms with E-state index in [0.717, 1.165) is 0 Å². The number of aliphatic hydroxyl groups excluding tert-OH is 1. The Kier molecular flexibility index (Phi) is 7.42. The third kappa shape index (κ3) is 4.05. The molecule has 0 atom stereocenters. The molecule has 35 heavy (non-hydrogen) atoms. The van der Waals surface area contributed by atoms with Crippen LogP contribution in [0, 0.1) is 0 Å². The second-order valence-electron chi connectivity index (χ2n) is 7.09. The smallest absolute Gasteiger partial charge is 0.199 e. The first-order valence-electron chi connectivity index (χ1n) is 9.26. The minimum atomic E-state index is -0.663. The molecule has 0 fully saturated rings. The third-order valence-corrected chi connectivity index (χ3v) is 8.79. The van der Waals surface area contributed by atoms with Crippen molar-refractivity contribution in [1.29, 1.82) is 0 Å². The Hall–Kier alpha value is -1.47. The Balaban J connectivity index is 1.63. The molecule has 2 aliphatic rings. The molecule has 0 heterocycles. The van der Waals surface area contributed by atoms with E-state index in [2.05, 4.69) is 0 Å². The van der Waals surface area contributed by atoms with E-state index in [9.17, 15) is 19.5 Å². The number of carbonyl (C=O) groups excluding carboxylic acids is 3. The van der Waals surface area contributed by atoms with Gasteiger partial charge < -0.3 is 5.11 Å². The van der Waals surface area contributed by atoms with E-state index in [-0.39, 0.29) is 73.6 Å². The van der Waals surface area contributed by atoms with E-state index >= 15 is 0 Å². The topological polar surface area (TPSA) is 71.4 Å². The second-order valence-corrected chi connectivity index (χ2v) is 10.1. The first-order valence-corrected chi connectivity index (χ1v) is 12.3. The largest absolute Gasteiger partial charge is 0.506 e. The summed E-state index contributed by atoms with van der Waals surface area (Å²) in [7, 11) is 0. The second kappa shape index (κ2) is 9.77. The minimum absolute atomic E-state index is 0.0205. The number of benzene rings is 2. The van der Waals surface area contributed by atoms with Crippen molar-refractivity contribution in [2.45, 2.75) is 0 Å². The van der Waals surface area contributed by atoms with Crippen LogP contribution in [-0.4, -0.2) is 22.5 Å². The number of halogens is 8. The van der Waals surface area contributed by atoms with Crippen LogP contribution in [0.15, 0.2) is 41.5 Å². The molecular formula is C23H6Cl8O4. The standard InChI is InChI=1S/C23H6Cl8O4/c24-12-8-9(13(25)17(29)16(12)28)21(33)6(20(8)32)4-2-1-3-5-7-22(34)10-11(23(7)35)15(27)19(31)18(30)14(10)26/h1-5,32H/b3-1+,4-2+. The summed E-state index contributed by atoms with van der Waals surface area (Å²) in [6.45, 7) is 0. The van der Waals surface area contributed by atoms with Crippen LogP contribution in [0.4, 0.5) is 0 Å². The molecule has 0 amide bonds. The maximum absolute atomic E-state index is 12.8. The summed E-state index contributed by atoms with van der Waals surface area (Å²) >= 11 is 48.5. The Morgan fingerprint density at radius 2 is 0.886 bits per heavy atom. The zero-order chi connectivity index (χ0) is 25.9. The summed E-state index contributed by atoms with van der Waals surface area (Å²) in [5.74, 6) is -2.36. The van der Waals surface area contributed by atoms with Crippen LogP contribution in [0.3, 0.4) is 0 Å². The van der Waals surface area contributed by atoms with Gasteiger partial charge in [-0.05, 0) is 12.2 Å². The van der Waals surface area contributed by atoms with Gasteiger partial charge in [-0.15, -0.1) is 0 Å². The van der Waals surface area contributed by atoms with Gasteiger partial charge in [0, 0.05) is 5.56 Å². The lowest BCUT2D eigenvalue weighted by molar-refractivity contribution is 0.0986. The molecule has 0 aromatic heterocycles. The highest BCUT2D eigenvalue weighted by molar-refractivity contribution is 6.57. The van der Waals surface area contributed by atoms with Crippen LogP contribution in [0.1, 0.15) is 36.6 Å². The molecule has 0 unspecified atom stereocenters. The van der Waals surface area contributed by atoms with Gasteiger partial charge in [0.05, 0.1) is 68.0 Å². The third-order valence-electron chi connectivity index (χ3n) is 5.19. The summed E-state index contributed by atoms with van der Waals surface area (Å²) in [6.07, 6.45) is 6.72. The molecule has 4 nitrogen and oxygen atoms in total. The van der Waals surface area contributed by atoms with Crippen molar-refractivity contribution < 1.29 is 19.5 Å². The average molecular weight is 630 g/mol. The Morgan fingerprint density at radius 3 is 1.34 bits per heavy atom. The molecule has 0 radical (unpaired) electrons. The van der Waals surface area contributed by atoms with E-state index in [4.69, 9.17) is 92.8 Å². The van der Waals surface area contributed by atoms with Crippen LogP contribution in [-0.2, 0) is 0 Å². The molecule has 2 aromatic carbocycles. The number of aliphatic hydroxyl groups is 1. The molecule has 0 aliphatic heterocycles. The van der Waals surface area contributed by atoms with Gasteiger partial charge in [-0.2, -0.15) is 0 Å². The lowest BCUT2D eigenvalue weighted by Gasteiger charge is -2.09. The van der Waals surface area contributed by atoms with E-state index in [0.29, 0.717) is 0 Å². The monoisotopic (exact) mass is 626 g/mol.